The van der Waals surface area contributed by atoms with Crippen molar-refractivity contribution in [2.45, 2.75) is 38.8 Å². The molecular formula is C18H24ClN5O. The summed E-state index contributed by atoms with van der Waals surface area (Å²) in [6.07, 6.45) is 4.86. The Labute approximate surface area is 152 Å². The van der Waals surface area contributed by atoms with E-state index in [1.54, 1.807) is 10.9 Å². The first-order valence-corrected chi connectivity index (χ1v) is 9.01. The molecule has 25 heavy (non-hydrogen) atoms. The highest BCUT2D eigenvalue weighted by atomic mass is 35.5. The van der Waals surface area contributed by atoms with Crippen LogP contribution in [0, 0.1) is 6.92 Å². The van der Waals surface area contributed by atoms with Crippen molar-refractivity contribution in [3.63, 3.8) is 0 Å². The molecule has 6 nitrogen and oxygen atoms in total. The van der Waals surface area contributed by atoms with Crippen LogP contribution in [0.1, 0.15) is 30.4 Å². The minimum Gasteiger partial charge on any atom is -0.328 e. The van der Waals surface area contributed by atoms with E-state index in [0.717, 1.165) is 36.9 Å². The first kappa shape index (κ1) is 17.8. The predicted molar refractivity (Wildman–Crippen MR) is 99.9 cm³/mol. The second-order valence-corrected chi connectivity index (χ2v) is 6.91. The molecular weight excluding hydrogens is 338 g/mol. The molecule has 7 heteroatoms. The number of piperidine rings is 1. The molecule has 0 radical (unpaired) electrons. The van der Waals surface area contributed by atoms with Gasteiger partial charge < -0.3 is 10.6 Å². The van der Waals surface area contributed by atoms with Crippen molar-refractivity contribution in [1.82, 2.24) is 14.7 Å². The SMILES string of the molecule is Cc1cnn(Cc2cccc(Cl)c2)c1NC(=O)N1CCCCC1CN. The van der Waals surface area contributed by atoms with Gasteiger partial charge in [-0.2, -0.15) is 5.10 Å². The highest BCUT2D eigenvalue weighted by molar-refractivity contribution is 6.30. The van der Waals surface area contributed by atoms with Crippen LogP contribution in [0.25, 0.3) is 0 Å². The van der Waals surface area contributed by atoms with Crippen LogP contribution in [-0.2, 0) is 6.54 Å². The zero-order valence-electron chi connectivity index (χ0n) is 14.4. The van der Waals surface area contributed by atoms with Crippen LogP contribution in [0.3, 0.4) is 0 Å². The molecule has 2 aromatic rings. The summed E-state index contributed by atoms with van der Waals surface area (Å²) in [5, 5.41) is 8.11. The minimum absolute atomic E-state index is 0.105. The summed E-state index contributed by atoms with van der Waals surface area (Å²) in [4.78, 5) is 14.6. The fourth-order valence-corrected chi connectivity index (χ4v) is 3.47. The van der Waals surface area contributed by atoms with Gasteiger partial charge >= 0.3 is 6.03 Å². The molecule has 1 fully saturated rings. The number of likely N-dealkylation sites (tertiary alicyclic amines) is 1. The Balaban J connectivity index is 1.76. The van der Waals surface area contributed by atoms with Gasteiger partial charge in [0.25, 0.3) is 0 Å². The van der Waals surface area contributed by atoms with Crippen molar-refractivity contribution in [3.8, 4) is 0 Å². The molecule has 1 aliphatic rings. The first-order valence-electron chi connectivity index (χ1n) is 8.63. The van der Waals surface area contributed by atoms with Crippen LogP contribution in [-0.4, -0.2) is 39.8 Å². The van der Waals surface area contributed by atoms with Crippen LogP contribution < -0.4 is 11.1 Å². The van der Waals surface area contributed by atoms with E-state index in [9.17, 15) is 4.79 Å². The number of amides is 2. The van der Waals surface area contributed by atoms with Crippen LogP contribution in [0.5, 0.6) is 0 Å². The Morgan fingerprint density at radius 3 is 3.04 bits per heavy atom. The van der Waals surface area contributed by atoms with E-state index in [0.29, 0.717) is 23.9 Å². The monoisotopic (exact) mass is 361 g/mol. The zero-order chi connectivity index (χ0) is 17.8. The largest absolute Gasteiger partial charge is 0.328 e. The third-order valence-electron chi connectivity index (χ3n) is 4.63. The van der Waals surface area contributed by atoms with Crippen LogP contribution in [0.4, 0.5) is 10.6 Å². The van der Waals surface area contributed by atoms with E-state index in [1.807, 2.05) is 36.1 Å². The van der Waals surface area contributed by atoms with Gasteiger partial charge in [0, 0.05) is 29.7 Å². The highest BCUT2D eigenvalue weighted by Crippen LogP contribution is 2.21. The number of urea groups is 1. The lowest BCUT2D eigenvalue weighted by Crippen LogP contribution is -2.49. The summed E-state index contributed by atoms with van der Waals surface area (Å²) in [5.41, 5.74) is 7.79. The maximum Gasteiger partial charge on any atom is 0.323 e. The number of carbonyl (C=O) groups is 1. The van der Waals surface area contributed by atoms with Gasteiger partial charge in [-0.3, -0.25) is 5.32 Å². The lowest BCUT2D eigenvalue weighted by atomic mass is 10.0. The Hall–Kier alpha value is -2.05. The summed E-state index contributed by atoms with van der Waals surface area (Å²) < 4.78 is 1.79. The summed E-state index contributed by atoms with van der Waals surface area (Å²) in [7, 11) is 0. The van der Waals surface area contributed by atoms with Gasteiger partial charge in [-0.15, -0.1) is 0 Å². The topological polar surface area (TPSA) is 76.2 Å². The number of benzene rings is 1. The molecule has 1 atom stereocenters. The number of rotatable bonds is 4. The van der Waals surface area contributed by atoms with E-state index < -0.39 is 0 Å². The number of aromatic nitrogens is 2. The Morgan fingerprint density at radius 2 is 2.28 bits per heavy atom. The normalized spacial score (nSPS) is 17.6. The van der Waals surface area contributed by atoms with E-state index in [2.05, 4.69) is 10.4 Å². The lowest BCUT2D eigenvalue weighted by molar-refractivity contribution is 0.165. The lowest BCUT2D eigenvalue weighted by Gasteiger charge is -2.35. The zero-order valence-corrected chi connectivity index (χ0v) is 15.2. The molecule has 2 heterocycles. The first-order chi connectivity index (χ1) is 12.1. The molecule has 1 saturated heterocycles. The van der Waals surface area contributed by atoms with Crippen LogP contribution >= 0.6 is 11.6 Å². The average Bonchev–Trinajstić information content (AvgIpc) is 2.95. The molecule has 3 rings (SSSR count). The summed E-state index contributed by atoms with van der Waals surface area (Å²) in [5.74, 6) is 0.714. The molecule has 1 aromatic carbocycles. The van der Waals surface area contributed by atoms with E-state index in [-0.39, 0.29) is 12.1 Å². The molecule has 0 saturated carbocycles. The van der Waals surface area contributed by atoms with Crippen molar-refractivity contribution < 1.29 is 4.79 Å². The molecule has 1 aromatic heterocycles. The Morgan fingerprint density at radius 1 is 1.44 bits per heavy atom. The standard InChI is InChI=1S/C18H24ClN5O/c1-13-11-21-24(12-14-5-4-6-15(19)9-14)17(13)22-18(25)23-8-3-2-7-16(23)10-20/h4-6,9,11,16H,2-3,7-8,10,12,20H2,1H3,(H,22,25). The Kier molecular flexibility index (Phi) is 5.60. The minimum atomic E-state index is -0.105. The number of nitrogens with two attached hydrogens (primary N) is 1. The van der Waals surface area contributed by atoms with E-state index >= 15 is 0 Å². The molecule has 2 amide bonds. The Bertz CT molecular complexity index is 745. The van der Waals surface area contributed by atoms with Crippen molar-refractivity contribution >= 4 is 23.4 Å². The average molecular weight is 362 g/mol. The molecule has 0 spiro atoms. The number of carbonyl (C=O) groups excluding carboxylic acids is 1. The van der Waals surface area contributed by atoms with Gasteiger partial charge in [0.15, 0.2) is 0 Å². The number of hydrogen-bond donors (Lipinski definition) is 2. The molecule has 1 unspecified atom stereocenters. The maximum absolute atomic E-state index is 12.7. The second-order valence-electron chi connectivity index (χ2n) is 6.47. The van der Waals surface area contributed by atoms with Crippen molar-refractivity contribution in [2.75, 3.05) is 18.4 Å². The van der Waals surface area contributed by atoms with E-state index in [4.69, 9.17) is 17.3 Å². The quantitative estimate of drug-likeness (QED) is 0.877. The smallest absolute Gasteiger partial charge is 0.323 e. The van der Waals surface area contributed by atoms with Crippen molar-refractivity contribution in [3.05, 3.63) is 46.6 Å². The molecule has 0 bridgehead atoms. The molecule has 0 aliphatic carbocycles. The molecule has 1 aliphatic heterocycles. The number of halogens is 1. The predicted octanol–water partition coefficient (Wildman–Crippen LogP) is 3.24. The molecule has 134 valence electrons. The summed E-state index contributed by atoms with van der Waals surface area (Å²) >= 11 is 6.06. The number of aryl methyl sites for hydroxylation is 1. The number of nitrogens with one attached hydrogen (secondary N) is 1. The van der Waals surface area contributed by atoms with Gasteiger partial charge in [-0.25, -0.2) is 9.48 Å². The van der Waals surface area contributed by atoms with Crippen LogP contribution in [0.2, 0.25) is 5.02 Å². The third kappa shape index (κ3) is 4.14. The summed E-state index contributed by atoms with van der Waals surface area (Å²) in [6, 6.07) is 7.64. The van der Waals surface area contributed by atoms with Gasteiger partial charge in [0.05, 0.1) is 12.7 Å². The molecule has 3 N–H and O–H groups in total. The number of hydrogen-bond acceptors (Lipinski definition) is 3. The highest BCUT2D eigenvalue weighted by Gasteiger charge is 2.26. The van der Waals surface area contributed by atoms with Crippen molar-refractivity contribution in [1.29, 1.82) is 0 Å². The number of anilines is 1. The van der Waals surface area contributed by atoms with E-state index in [1.165, 1.54) is 0 Å². The van der Waals surface area contributed by atoms with Crippen molar-refractivity contribution in [2.24, 2.45) is 5.73 Å². The fourth-order valence-electron chi connectivity index (χ4n) is 3.26. The van der Waals surface area contributed by atoms with Gasteiger partial charge in [-0.05, 0) is 43.9 Å². The maximum atomic E-state index is 12.7. The van der Waals surface area contributed by atoms with Crippen LogP contribution in [0.15, 0.2) is 30.5 Å². The van der Waals surface area contributed by atoms with Gasteiger partial charge in [0.1, 0.15) is 5.82 Å². The van der Waals surface area contributed by atoms with Gasteiger partial charge in [0.2, 0.25) is 0 Å². The fraction of sp³-hybridized carbons (Fsp3) is 0.444. The summed E-state index contributed by atoms with van der Waals surface area (Å²) in [6.45, 7) is 3.72. The van der Waals surface area contributed by atoms with Gasteiger partial charge in [-0.1, -0.05) is 23.7 Å². The second kappa shape index (κ2) is 7.89. The third-order valence-corrected chi connectivity index (χ3v) is 4.86. The number of nitrogens with zero attached hydrogens (tertiary/aromatic N) is 3.